The van der Waals surface area contributed by atoms with E-state index in [1.165, 1.54) is 17.3 Å². The highest BCUT2D eigenvalue weighted by Crippen LogP contribution is 2.44. The van der Waals surface area contributed by atoms with Crippen LogP contribution in [0.2, 0.25) is 10.2 Å². The van der Waals surface area contributed by atoms with Gasteiger partial charge in [0.1, 0.15) is 11.0 Å². The number of nitrogens with zero attached hydrogens (tertiary/aromatic N) is 3. The Kier molecular flexibility index (Phi) is 5.68. The fourth-order valence-corrected chi connectivity index (χ4v) is 4.35. The first-order valence-electron chi connectivity index (χ1n) is 9.55. The lowest BCUT2D eigenvalue weighted by molar-refractivity contribution is -0.116. The van der Waals surface area contributed by atoms with Gasteiger partial charge in [0, 0.05) is 28.9 Å². The van der Waals surface area contributed by atoms with Gasteiger partial charge in [-0.1, -0.05) is 35.3 Å². The summed E-state index contributed by atoms with van der Waals surface area (Å²) in [4.78, 5) is 29.8. The standard InChI is InChI=1S/C22H17Cl2N5O2/c23-13-5-1-4-12(10-13)18-15(11-25)21(26)29(16-7-2-8-17(30)19(16)18)28-22(31)14-6-3-9-27-20(14)24/h1,3-6,9-10,18H,2,7-8,26H2,(H,28,31). The predicted octanol–water partition coefficient (Wildman–Crippen LogP) is 3.83. The third kappa shape index (κ3) is 3.76. The number of halogens is 2. The average molecular weight is 454 g/mol. The molecular weight excluding hydrogens is 437 g/mol. The highest BCUT2D eigenvalue weighted by Gasteiger charge is 2.40. The number of carbonyl (C=O) groups excluding carboxylic acids is 2. The number of carbonyl (C=O) groups is 2. The van der Waals surface area contributed by atoms with E-state index in [1.54, 1.807) is 30.3 Å². The number of rotatable bonds is 3. The molecule has 2 heterocycles. The van der Waals surface area contributed by atoms with Crippen LogP contribution >= 0.6 is 23.2 Å². The highest BCUT2D eigenvalue weighted by molar-refractivity contribution is 6.32. The first-order valence-corrected chi connectivity index (χ1v) is 10.3. The van der Waals surface area contributed by atoms with Gasteiger partial charge in [0.25, 0.3) is 5.91 Å². The number of Topliss-reactive ketones (excluding diaryl/α,β-unsaturated/α-hetero) is 1. The molecule has 1 aliphatic carbocycles. The molecule has 1 unspecified atom stereocenters. The number of hydrazine groups is 1. The number of ketones is 1. The molecule has 1 amide bonds. The number of amides is 1. The molecule has 31 heavy (non-hydrogen) atoms. The van der Waals surface area contributed by atoms with E-state index in [1.807, 2.05) is 0 Å². The predicted molar refractivity (Wildman–Crippen MR) is 115 cm³/mol. The van der Waals surface area contributed by atoms with Crippen LogP contribution in [0.3, 0.4) is 0 Å². The van der Waals surface area contributed by atoms with Crippen molar-refractivity contribution in [1.29, 1.82) is 5.26 Å². The van der Waals surface area contributed by atoms with Crippen LogP contribution in [0.1, 0.15) is 41.1 Å². The second-order valence-electron chi connectivity index (χ2n) is 7.15. The summed E-state index contributed by atoms with van der Waals surface area (Å²) in [5.41, 5.74) is 11.1. The van der Waals surface area contributed by atoms with E-state index >= 15 is 0 Å². The SMILES string of the molecule is N#CC1=C(N)N(NC(=O)c2cccnc2Cl)C2=C(C(=O)CCC2)C1c1cccc(Cl)c1. The van der Waals surface area contributed by atoms with Crippen molar-refractivity contribution in [3.63, 3.8) is 0 Å². The fraction of sp³-hybridized carbons (Fsp3) is 0.182. The summed E-state index contributed by atoms with van der Waals surface area (Å²) in [6.45, 7) is 0. The number of nitrogens with one attached hydrogen (secondary N) is 1. The first kappa shape index (κ1) is 20.9. The molecule has 4 rings (SSSR count). The van der Waals surface area contributed by atoms with E-state index in [0.717, 1.165) is 0 Å². The van der Waals surface area contributed by atoms with Gasteiger partial charge in [-0.2, -0.15) is 5.26 Å². The van der Waals surface area contributed by atoms with Crippen molar-refractivity contribution in [3.8, 4) is 6.07 Å². The molecule has 0 saturated heterocycles. The number of benzene rings is 1. The zero-order valence-corrected chi connectivity index (χ0v) is 17.7. The number of aromatic nitrogens is 1. The zero-order chi connectivity index (χ0) is 22.1. The Morgan fingerprint density at radius 3 is 2.77 bits per heavy atom. The molecule has 9 heteroatoms. The Morgan fingerprint density at radius 1 is 1.26 bits per heavy atom. The van der Waals surface area contributed by atoms with Gasteiger partial charge in [0.05, 0.1) is 23.1 Å². The minimum atomic E-state index is -0.651. The monoisotopic (exact) mass is 453 g/mol. The summed E-state index contributed by atoms with van der Waals surface area (Å²) in [5, 5.41) is 11.8. The molecular formula is C22H17Cl2N5O2. The Bertz CT molecular complexity index is 1200. The molecule has 1 atom stereocenters. The lowest BCUT2D eigenvalue weighted by Crippen LogP contribution is -2.48. The number of nitriles is 1. The topological polar surface area (TPSA) is 112 Å². The van der Waals surface area contributed by atoms with Gasteiger partial charge in [0.15, 0.2) is 5.78 Å². The highest BCUT2D eigenvalue weighted by atomic mass is 35.5. The van der Waals surface area contributed by atoms with Gasteiger partial charge in [-0.3, -0.25) is 15.0 Å². The minimum absolute atomic E-state index is 0.0331. The van der Waals surface area contributed by atoms with Crippen LogP contribution in [0.15, 0.2) is 65.3 Å². The van der Waals surface area contributed by atoms with Gasteiger partial charge in [0.2, 0.25) is 0 Å². The number of nitrogens with two attached hydrogens (primary N) is 1. The van der Waals surface area contributed by atoms with E-state index in [4.69, 9.17) is 28.9 Å². The summed E-state index contributed by atoms with van der Waals surface area (Å²) >= 11 is 12.2. The maximum atomic E-state index is 13.0. The third-order valence-corrected chi connectivity index (χ3v) is 5.85. The van der Waals surface area contributed by atoms with Crippen LogP contribution in [-0.2, 0) is 4.79 Å². The summed E-state index contributed by atoms with van der Waals surface area (Å²) in [7, 11) is 0. The minimum Gasteiger partial charge on any atom is -0.383 e. The smallest absolute Gasteiger partial charge is 0.273 e. The van der Waals surface area contributed by atoms with E-state index in [0.29, 0.717) is 41.1 Å². The number of allylic oxidation sites excluding steroid dienone is 3. The van der Waals surface area contributed by atoms with Crippen molar-refractivity contribution in [2.24, 2.45) is 5.73 Å². The first-order chi connectivity index (χ1) is 14.9. The molecule has 0 radical (unpaired) electrons. The largest absolute Gasteiger partial charge is 0.383 e. The van der Waals surface area contributed by atoms with Gasteiger partial charge < -0.3 is 5.73 Å². The molecule has 2 aromatic rings. The summed E-state index contributed by atoms with van der Waals surface area (Å²) < 4.78 is 0. The number of hydrogen-bond donors (Lipinski definition) is 2. The Labute approximate surface area is 188 Å². The van der Waals surface area contributed by atoms with Crippen molar-refractivity contribution in [1.82, 2.24) is 15.4 Å². The van der Waals surface area contributed by atoms with Crippen LogP contribution in [0, 0.1) is 11.3 Å². The van der Waals surface area contributed by atoms with E-state index in [-0.39, 0.29) is 27.9 Å². The lowest BCUT2D eigenvalue weighted by atomic mass is 9.76. The third-order valence-electron chi connectivity index (χ3n) is 5.31. The van der Waals surface area contributed by atoms with Gasteiger partial charge in [-0.15, -0.1) is 0 Å². The Hall–Kier alpha value is -3.34. The van der Waals surface area contributed by atoms with E-state index in [9.17, 15) is 14.9 Å². The van der Waals surface area contributed by atoms with E-state index < -0.39 is 11.8 Å². The molecule has 1 aromatic carbocycles. The average Bonchev–Trinajstić information content (AvgIpc) is 2.75. The lowest BCUT2D eigenvalue weighted by Gasteiger charge is -2.39. The fourth-order valence-electron chi connectivity index (χ4n) is 3.95. The Morgan fingerprint density at radius 2 is 2.06 bits per heavy atom. The molecule has 0 saturated carbocycles. The molecule has 2 aliphatic rings. The van der Waals surface area contributed by atoms with Crippen LogP contribution in [0.25, 0.3) is 0 Å². The molecule has 0 spiro atoms. The van der Waals surface area contributed by atoms with Crippen LogP contribution < -0.4 is 11.2 Å². The molecule has 1 aromatic heterocycles. The Balaban J connectivity index is 1.83. The number of hydrogen-bond acceptors (Lipinski definition) is 6. The second-order valence-corrected chi connectivity index (χ2v) is 7.95. The van der Waals surface area contributed by atoms with Crippen LogP contribution in [-0.4, -0.2) is 21.7 Å². The zero-order valence-electron chi connectivity index (χ0n) is 16.2. The maximum Gasteiger partial charge on any atom is 0.273 e. The molecule has 7 nitrogen and oxygen atoms in total. The van der Waals surface area contributed by atoms with Gasteiger partial charge in [-0.05, 0) is 42.7 Å². The van der Waals surface area contributed by atoms with Crippen molar-refractivity contribution in [2.45, 2.75) is 25.2 Å². The summed E-state index contributed by atoms with van der Waals surface area (Å²) in [6.07, 6.45) is 2.94. The van der Waals surface area contributed by atoms with Crippen molar-refractivity contribution >= 4 is 34.9 Å². The number of pyridine rings is 1. The molecule has 156 valence electrons. The normalized spacial score (nSPS) is 18.5. The second kappa shape index (κ2) is 8.42. The maximum absolute atomic E-state index is 13.0. The van der Waals surface area contributed by atoms with Crippen molar-refractivity contribution < 1.29 is 9.59 Å². The van der Waals surface area contributed by atoms with Gasteiger partial charge in [-0.25, -0.2) is 9.99 Å². The van der Waals surface area contributed by atoms with Crippen LogP contribution in [0.5, 0.6) is 0 Å². The molecule has 1 aliphatic heterocycles. The van der Waals surface area contributed by atoms with E-state index in [2.05, 4.69) is 16.5 Å². The van der Waals surface area contributed by atoms with Crippen molar-refractivity contribution in [3.05, 3.63) is 86.6 Å². The van der Waals surface area contributed by atoms with Crippen molar-refractivity contribution in [2.75, 3.05) is 0 Å². The molecule has 0 fully saturated rings. The van der Waals surface area contributed by atoms with Crippen LogP contribution in [0.4, 0.5) is 0 Å². The van der Waals surface area contributed by atoms with Gasteiger partial charge >= 0.3 is 0 Å². The molecule has 0 bridgehead atoms. The summed E-state index contributed by atoms with van der Waals surface area (Å²) in [5.74, 6) is -1.24. The summed E-state index contributed by atoms with van der Waals surface area (Å²) in [6, 6.07) is 12.2. The quantitative estimate of drug-likeness (QED) is 0.682. The molecule has 3 N–H and O–H groups in total.